The fraction of sp³-hybridized carbons (Fsp3) is 0.308. The predicted molar refractivity (Wildman–Crippen MR) is 81.7 cm³/mol. The van der Waals surface area contributed by atoms with Crippen molar-refractivity contribution < 1.29 is 8.42 Å². The second-order valence-electron chi connectivity index (χ2n) is 4.48. The molecule has 0 unspecified atom stereocenters. The Morgan fingerprint density at radius 3 is 2.86 bits per heavy atom. The number of imidazole rings is 1. The Labute approximate surface area is 129 Å². The van der Waals surface area contributed by atoms with Gasteiger partial charge in [0.25, 0.3) is 0 Å². The van der Waals surface area contributed by atoms with Crippen LogP contribution in [0.2, 0.25) is 5.02 Å². The highest BCUT2D eigenvalue weighted by atomic mass is 35.5. The molecule has 3 N–H and O–H groups in total. The highest BCUT2D eigenvalue weighted by Crippen LogP contribution is 2.22. The van der Waals surface area contributed by atoms with Crippen molar-refractivity contribution in [2.75, 3.05) is 13.6 Å². The number of aromatic amines is 1. The Hall–Kier alpha value is -1.41. The molecular weight excluding hydrogens is 312 g/mol. The van der Waals surface area contributed by atoms with Crippen LogP contribution in [-0.4, -0.2) is 32.0 Å². The number of rotatable bonds is 7. The molecule has 21 heavy (non-hydrogen) atoms. The molecule has 0 aliphatic heterocycles. The second-order valence-corrected chi connectivity index (χ2v) is 6.62. The molecule has 8 heteroatoms. The van der Waals surface area contributed by atoms with Crippen LogP contribution in [0.4, 0.5) is 0 Å². The van der Waals surface area contributed by atoms with Gasteiger partial charge in [0.15, 0.2) is 0 Å². The molecule has 1 aromatic carbocycles. The third-order valence-electron chi connectivity index (χ3n) is 2.87. The highest BCUT2D eigenvalue weighted by Gasteiger charge is 2.18. The Morgan fingerprint density at radius 1 is 1.38 bits per heavy atom. The summed E-state index contributed by atoms with van der Waals surface area (Å²) in [6.45, 7) is 0.828. The maximum Gasteiger partial charge on any atom is 0.242 e. The number of hydrogen-bond acceptors (Lipinski definition) is 4. The second kappa shape index (κ2) is 7.04. The molecule has 0 aliphatic rings. The van der Waals surface area contributed by atoms with Crippen molar-refractivity contribution >= 4 is 21.6 Å². The van der Waals surface area contributed by atoms with E-state index in [1.165, 1.54) is 0 Å². The lowest BCUT2D eigenvalue weighted by Crippen LogP contribution is -2.26. The number of nitrogens with one attached hydrogen (secondary N) is 3. The van der Waals surface area contributed by atoms with Gasteiger partial charge in [-0.15, -0.1) is 0 Å². The Morgan fingerprint density at radius 2 is 2.19 bits per heavy atom. The molecule has 6 nitrogen and oxygen atoms in total. The SMILES string of the molecule is CNCc1ccc(Cl)c(S(=O)(=O)NCCc2ncc[nH]2)c1. The van der Waals surface area contributed by atoms with Crippen molar-refractivity contribution in [3.8, 4) is 0 Å². The summed E-state index contributed by atoms with van der Waals surface area (Å²) in [6, 6.07) is 4.96. The lowest BCUT2D eigenvalue weighted by Gasteiger charge is -2.10. The minimum atomic E-state index is -3.64. The zero-order chi connectivity index (χ0) is 15.3. The van der Waals surface area contributed by atoms with Crippen LogP contribution in [0, 0.1) is 0 Å². The van der Waals surface area contributed by atoms with E-state index in [-0.39, 0.29) is 16.5 Å². The molecule has 1 aromatic heterocycles. The molecule has 0 fully saturated rings. The van der Waals surface area contributed by atoms with Gasteiger partial charge >= 0.3 is 0 Å². The third-order valence-corrected chi connectivity index (χ3v) is 4.82. The summed E-state index contributed by atoms with van der Waals surface area (Å²) in [5.74, 6) is 0.729. The molecule has 0 aliphatic carbocycles. The zero-order valence-electron chi connectivity index (χ0n) is 11.6. The first kappa shape index (κ1) is 16.0. The molecule has 0 amide bonds. The van der Waals surface area contributed by atoms with Gasteiger partial charge in [0.1, 0.15) is 10.7 Å². The van der Waals surface area contributed by atoms with Gasteiger partial charge in [-0.2, -0.15) is 0 Å². The fourth-order valence-corrected chi connectivity index (χ4v) is 3.46. The van der Waals surface area contributed by atoms with Crippen molar-refractivity contribution in [2.24, 2.45) is 0 Å². The number of aromatic nitrogens is 2. The normalized spacial score (nSPS) is 11.7. The van der Waals surface area contributed by atoms with Crippen molar-refractivity contribution in [2.45, 2.75) is 17.9 Å². The van der Waals surface area contributed by atoms with Gasteiger partial charge in [-0.1, -0.05) is 17.7 Å². The van der Waals surface area contributed by atoms with Gasteiger partial charge in [-0.25, -0.2) is 18.1 Å². The molecular formula is C13H17ClN4O2S. The Balaban J connectivity index is 2.09. The Bertz CT molecular complexity index is 686. The van der Waals surface area contributed by atoms with Crippen LogP contribution in [0.1, 0.15) is 11.4 Å². The quantitative estimate of drug-likeness (QED) is 0.715. The molecule has 0 radical (unpaired) electrons. The Kier molecular flexibility index (Phi) is 5.35. The first-order valence-corrected chi connectivity index (χ1v) is 8.30. The van der Waals surface area contributed by atoms with E-state index in [1.54, 1.807) is 37.6 Å². The number of H-pyrrole nitrogens is 1. The first-order chi connectivity index (χ1) is 10.0. The van der Waals surface area contributed by atoms with Gasteiger partial charge in [0, 0.05) is 31.9 Å². The van der Waals surface area contributed by atoms with Crippen LogP contribution in [-0.2, 0) is 23.0 Å². The lowest BCUT2D eigenvalue weighted by molar-refractivity contribution is 0.581. The van der Waals surface area contributed by atoms with Crippen LogP contribution in [0.15, 0.2) is 35.5 Å². The molecule has 0 bridgehead atoms. The summed E-state index contributed by atoms with van der Waals surface area (Å²) < 4.78 is 27.1. The van der Waals surface area contributed by atoms with E-state index in [0.717, 1.165) is 11.4 Å². The molecule has 0 saturated carbocycles. The van der Waals surface area contributed by atoms with E-state index in [0.29, 0.717) is 13.0 Å². The van der Waals surface area contributed by atoms with Crippen LogP contribution in [0.3, 0.4) is 0 Å². The number of sulfonamides is 1. The van der Waals surface area contributed by atoms with E-state index >= 15 is 0 Å². The predicted octanol–water partition coefficient (Wildman–Crippen LogP) is 1.30. The van der Waals surface area contributed by atoms with Crippen molar-refractivity contribution in [1.29, 1.82) is 0 Å². The van der Waals surface area contributed by atoms with Crippen LogP contribution >= 0.6 is 11.6 Å². The summed E-state index contributed by atoms with van der Waals surface area (Å²) in [6.07, 6.45) is 3.81. The number of halogens is 1. The fourth-order valence-electron chi connectivity index (χ4n) is 1.88. The largest absolute Gasteiger partial charge is 0.349 e. The van der Waals surface area contributed by atoms with Crippen molar-refractivity contribution in [3.63, 3.8) is 0 Å². The highest BCUT2D eigenvalue weighted by molar-refractivity contribution is 7.89. The van der Waals surface area contributed by atoms with Crippen LogP contribution in [0.25, 0.3) is 0 Å². The third kappa shape index (κ3) is 4.28. The zero-order valence-corrected chi connectivity index (χ0v) is 13.1. The minimum Gasteiger partial charge on any atom is -0.349 e. The molecule has 2 rings (SSSR count). The van der Waals surface area contributed by atoms with Gasteiger partial charge < -0.3 is 10.3 Å². The van der Waals surface area contributed by atoms with Gasteiger partial charge in [-0.05, 0) is 24.7 Å². The molecule has 0 atom stereocenters. The maximum atomic E-state index is 12.3. The average molecular weight is 329 g/mol. The monoisotopic (exact) mass is 328 g/mol. The summed E-state index contributed by atoms with van der Waals surface area (Å²) in [5.41, 5.74) is 0.855. The smallest absolute Gasteiger partial charge is 0.242 e. The maximum absolute atomic E-state index is 12.3. The number of nitrogens with zero attached hydrogens (tertiary/aromatic N) is 1. The van der Waals surface area contributed by atoms with Gasteiger partial charge in [0.05, 0.1) is 5.02 Å². The van der Waals surface area contributed by atoms with Crippen LogP contribution in [0.5, 0.6) is 0 Å². The minimum absolute atomic E-state index is 0.0939. The lowest BCUT2D eigenvalue weighted by atomic mass is 10.2. The molecule has 114 valence electrons. The van der Waals surface area contributed by atoms with Gasteiger partial charge in [0.2, 0.25) is 10.0 Å². The van der Waals surface area contributed by atoms with E-state index in [1.807, 2.05) is 0 Å². The summed E-state index contributed by atoms with van der Waals surface area (Å²) >= 11 is 6.00. The number of benzene rings is 1. The van der Waals surface area contributed by atoms with E-state index in [2.05, 4.69) is 20.0 Å². The van der Waals surface area contributed by atoms with Crippen LogP contribution < -0.4 is 10.0 Å². The molecule has 0 spiro atoms. The summed E-state index contributed by atoms with van der Waals surface area (Å²) in [7, 11) is -1.84. The molecule has 1 heterocycles. The summed E-state index contributed by atoms with van der Waals surface area (Å²) in [5, 5.41) is 3.18. The average Bonchev–Trinajstić information content (AvgIpc) is 2.94. The van der Waals surface area contributed by atoms with Crippen molar-refractivity contribution in [1.82, 2.24) is 20.0 Å². The topological polar surface area (TPSA) is 86.9 Å². The van der Waals surface area contributed by atoms with E-state index in [4.69, 9.17) is 11.6 Å². The van der Waals surface area contributed by atoms with E-state index < -0.39 is 10.0 Å². The molecule has 0 saturated heterocycles. The molecule has 2 aromatic rings. The summed E-state index contributed by atoms with van der Waals surface area (Å²) in [4.78, 5) is 7.05. The van der Waals surface area contributed by atoms with Crippen molar-refractivity contribution in [3.05, 3.63) is 47.0 Å². The first-order valence-electron chi connectivity index (χ1n) is 6.44. The number of hydrogen-bond donors (Lipinski definition) is 3. The standard InChI is InChI=1S/C13H17ClN4O2S/c1-15-9-10-2-3-11(14)12(8-10)21(19,20)18-5-4-13-16-6-7-17-13/h2-3,6-8,15,18H,4-5,9H2,1H3,(H,16,17). The van der Waals surface area contributed by atoms with E-state index in [9.17, 15) is 8.42 Å². The van der Waals surface area contributed by atoms with Gasteiger partial charge in [-0.3, -0.25) is 0 Å².